The molecule has 6 heteroatoms. The van der Waals surface area contributed by atoms with Crippen molar-refractivity contribution in [1.82, 2.24) is 4.90 Å². The van der Waals surface area contributed by atoms with E-state index in [1.165, 1.54) is 11.3 Å². The van der Waals surface area contributed by atoms with Gasteiger partial charge in [0.2, 0.25) is 0 Å². The molecule has 1 fully saturated rings. The van der Waals surface area contributed by atoms with Crippen molar-refractivity contribution >= 4 is 39.1 Å². The first kappa shape index (κ1) is 17.5. The van der Waals surface area contributed by atoms with E-state index >= 15 is 0 Å². The molecule has 1 aromatic rings. The normalized spacial score (nSPS) is 19.1. The summed E-state index contributed by atoms with van der Waals surface area (Å²) in [6, 6.07) is 1.78. The number of rotatable bonds is 3. The molecule has 0 spiro atoms. The number of hydrogen-bond acceptors (Lipinski definition) is 4. The highest BCUT2D eigenvalue weighted by Gasteiger charge is 2.32. The third-order valence-electron chi connectivity index (χ3n) is 3.52. The molecule has 1 aromatic heterocycles. The molecule has 1 saturated heterocycles. The number of likely N-dealkylation sites (tertiary alicyclic amines) is 1. The van der Waals surface area contributed by atoms with Crippen molar-refractivity contribution in [3.05, 3.63) is 20.8 Å². The molecule has 122 valence electrons. The molecular weight excluding hydrogens is 366 g/mol. The van der Waals surface area contributed by atoms with Crippen molar-refractivity contribution in [3.63, 3.8) is 0 Å². The lowest BCUT2D eigenvalue weighted by Crippen LogP contribution is -2.46. The Hall–Kier alpha value is -0.880. The average molecular weight is 388 g/mol. The van der Waals surface area contributed by atoms with Gasteiger partial charge in [-0.3, -0.25) is 4.79 Å². The summed E-state index contributed by atoms with van der Waals surface area (Å²) in [5.41, 5.74) is -0.512. The van der Waals surface area contributed by atoms with Gasteiger partial charge in [-0.25, -0.2) is 4.79 Å². The van der Waals surface area contributed by atoms with Crippen LogP contribution >= 0.6 is 27.3 Å². The first-order chi connectivity index (χ1) is 10.3. The Kier molecular flexibility index (Phi) is 5.66. The number of nitrogens with zero attached hydrogens (tertiary/aromatic N) is 1. The summed E-state index contributed by atoms with van der Waals surface area (Å²) in [4.78, 5) is 27.2. The molecule has 0 N–H and O–H groups in total. The van der Waals surface area contributed by atoms with Crippen LogP contribution in [0.1, 0.15) is 56.1 Å². The first-order valence-electron chi connectivity index (χ1n) is 7.53. The van der Waals surface area contributed by atoms with E-state index in [0.717, 1.165) is 28.6 Å². The predicted molar refractivity (Wildman–Crippen MR) is 91.5 cm³/mol. The molecule has 0 saturated carbocycles. The van der Waals surface area contributed by atoms with E-state index < -0.39 is 5.60 Å². The van der Waals surface area contributed by atoms with Crippen LogP contribution in [0.5, 0.6) is 0 Å². The second kappa shape index (κ2) is 7.13. The van der Waals surface area contributed by atoms with E-state index in [2.05, 4.69) is 15.9 Å². The van der Waals surface area contributed by atoms with Crippen LogP contribution < -0.4 is 0 Å². The van der Waals surface area contributed by atoms with Gasteiger partial charge in [0.1, 0.15) is 5.60 Å². The fourth-order valence-corrected chi connectivity index (χ4v) is 3.93. The Morgan fingerprint density at radius 2 is 2.14 bits per heavy atom. The molecule has 2 rings (SSSR count). The topological polar surface area (TPSA) is 46.6 Å². The van der Waals surface area contributed by atoms with Gasteiger partial charge in [-0.1, -0.05) is 0 Å². The zero-order valence-electron chi connectivity index (χ0n) is 13.2. The molecule has 4 nitrogen and oxygen atoms in total. The number of piperidine rings is 1. The van der Waals surface area contributed by atoms with Gasteiger partial charge < -0.3 is 9.64 Å². The summed E-state index contributed by atoms with van der Waals surface area (Å²) < 4.78 is 6.39. The van der Waals surface area contributed by atoms with Gasteiger partial charge in [-0.05, 0) is 62.0 Å². The maximum atomic E-state index is 12.4. The lowest BCUT2D eigenvalue weighted by molar-refractivity contribution is 0.00948. The molecule has 0 bridgehead atoms. The third kappa shape index (κ3) is 4.81. The van der Waals surface area contributed by atoms with E-state index in [0.29, 0.717) is 13.0 Å². The Bertz CT molecular complexity index is 550. The molecule has 1 amide bonds. The van der Waals surface area contributed by atoms with E-state index in [9.17, 15) is 9.59 Å². The minimum atomic E-state index is -0.512. The number of amides is 1. The zero-order chi connectivity index (χ0) is 16.3. The zero-order valence-corrected chi connectivity index (χ0v) is 15.6. The number of ketones is 1. The lowest BCUT2D eigenvalue weighted by atomic mass is 9.97. The minimum absolute atomic E-state index is 0.0584. The average Bonchev–Trinajstić information content (AvgIpc) is 2.84. The smallest absolute Gasteiger partial charge is 0.410 e. The second-order valence-electron chi connectivity index (χ2n) is 6.58. The van der Waals surface area contributed by atoms with Crippen LogP contribution in [0.4, 0.5) is 4.79 Å². The predicted octanol–water partition coefficient (Wildman–Crippen LogP) is 4.87. The van der Waals surface area contributed by atoms with Crippen LogP contribution in [-0.4, -0.2) is 35.0 Å². The van der Waals surface area contributed by atoms with E-state index in [4.69, 9.17) is 4.74 Å². The van der Waals surface area contributed by atoms with Gasteiger partial charge in [-0.2, -0.15) is 0 Å². The van der Waals surface area contributed by atoms with Gasteiger partial charge in [0.25, 0.3) is 0 Å². The van der Waals surface area contributed by atoms with Crippen LogP contribution in [0, 0.1) is 0 Å². The number of halogens is 1. The summed E-state index contributed by atoms with van der Waals surface area (Å²) in [6.45, 7) is 6.25. The molecule has 2 heterocycles. The van der Waals surface area contributed by atoms with Crippen molar-refractivity contribution in [1.29, 1.82) is 0 Å². The number of carbonyl (C=O) groups is 2. The molecule has 1 aliphatic rings. The molecule has 0 aromatic carbocycles. The van der Waals surface area contributed by atoms with Gasteiger partial charge in [0.05, 0.1) is 4.88 Å². The van der Waals surface area contributed by atoms with E-state index in [1.807, 2.05) is 32.2 Å². The third-order valence-corrected chi connectivity index (χ3v) is 5.25. The fraction of sp³-hybridized carbons (Fsp3) is 0.625. The second-order valence-corrected chi connectivity index (χ2v) is 8.41. The lowest BCUT2D eigenvalue weighted by Gasteiger charge is -2.36. The molecule has 1 unspecified atom stereocenters. The largest absolute Gasteiger partial charge is 0.444 e. The fourth-order valence-electron chi connectivity index (χ4n) is 2.55. The highest BCUT2D eigenvalue weighted by atomic mass is 79.9. The Labute approximate surface area is 144 Å². The highest BCUT2D eigenvalue weighted by molar-refractivity contribution is 9.10. The van der Waals surface area contributed by atoms with Gasteiger partial charge in [0, 0.05) is 28.9 Å². The van der Waals surface area contributed by atoms with Crippen LogP contribution in [0.15, 0.2) is 15.9 Å². The van der Waals surface area contributed by atoms with Crippen LogP contribution in [0.2, 0.25) is 0 Å². The van der Waals surface area contributed by atoms with Gasteiger partial charge in [-0.15, -0.1) is 11.3 Å². The van der Waals surface area contributed by atoms with Crippen LogP contribution in [0.3, 0.4) is 0 Å². The van der Waals surface area contributed by atoms with E-state index in [1.54, 1.807) is 4.90 Å². The van der Waals surface area contributed by atoms with E-state index in [-0.39, 0.29) is 17.9 Å². The number of carbonyl (C=O) groups excluding carboxylic acids is 2. The maximum absolute atomic E-state index is 12.4. The quantitative estimate of drug-likeness (QED) is 0.694. The highest BCUT2D eigenvalue weighted by Crippen LogP contribution is 2.26. The SMILES string of the molecule is CC(C)(C)OC(=O)N1CCCCC1CC(=O)c1cc(Br)cs1. The molecule has 1 atom stereocenters. The van der Waals surface area contributed by atoms with Crippen LogP contribution in [-0.2, 0) is 4.74 Å². The van der Waals surface area contributed by atoms with Crippen molar-refractivity contribution in [2.24, 2.45) is 0 Å². The first-order valence-corrected chi connectivity index (χ1v) is 9.20. The maximum Gasteiger partial charge on any atom is 0.410 e. The van der Waals surface area contributed by atoms with Crippen molar-refractivity contribution < 1.29 is 14.3 Å². The Morgan fingerprint density at radius 1 is 1.41 bits per heavy atom. The summed E-state index contributed by atoms with van der Waals surface area (Å²) in [6.07, 6.45) is 2.93. The summed E-state index contributed by atoms with van der Waals surface area (Å²) in [7, 11) is 0. The molecular formula is C16H22BrNO3S. The molecule has 0 radical (unpaired) electrons. The van der Waals surface area contributed by atoms with Gasteiger partial charge >= 0.3 is 6.09 Å². The van der Waals surface area contributed by atoms with Crippen molar-refractivity contribution in [2.45, 2.75) is 58.1 Å². The summed E-state index contributed by atoms with van der Waals surface area (Å²) >= 11 is 4.80. The summed E-state index contributed by atoms with van der Waals surface area (Å²) in [5, 5.41) is 1.90. The van der Waals surface area contributed by atoms with Crippen molar-refractivity contribution in [3.8, 4) is 0 Å². The molecule has 22 heavy (non-hydrogen) atoms. The van der Waals surface area contributed by atoms with Gasteiger partial charge in [0.15, 0.2) is 5.78 Å². The molecule has 1 aliphatic heterocycles. The Morgan fingerprint density at radius 3 is 2.73 bits per heavy atom. The Balaban J connectivity index is 2.03. The monoisotopic (exact) mass is 387 g/mol. The number of Topliss-reactive ketones (excluding diaryl/α,β-unsaturated/α-hetero) is 1. The standard InChI is InChI=1S/C16H22BrNO3S/c1-16(2,3)21-15(20)18-7-5-4-6-12(18)9-13(19)14-8-11(17)10-22-14/h8,10,12H,4-7,9H2,1-3H3. The summed E-state index contributed by atoms with van der Waals surface area (Å²) in [5.74, 6) is 0.0937. The van der Waals surface area contributed by atoms with Crippen LogP contribution in [0.25, 0.3) is 0 Å². The number of thiophene rings is 1. The minimum Gasteiger partial charge on any atom is -0.444 e. The number of hydrogen-bond donors (Lipinski definition) is 0. The number of ether oxygens (including phenoxy) is 1. The van der Waals surface area contributed by atoms with Crippen molar-refractivity contribution in [2.75, 3.05) is 6.54 Å². The molecule has 0 aliphatic carbocycles.